The number of hydrogen-bond acceptors (Lipinski definition) is 3. The molecule has 1 atom stereocenters. The Morgan fingerprint density at radius 2 is 1.75 bits per heavy atom. The zero-order valence-corrected chi connectivity index (χ0v) is 16.4. The molecule has 5 nitrogen and oxygen atoms in total. The van der Waals surface area contributed by atoms with E-state index in [2.05, 4.69) is 22.3 Å². The highest BCUT2D eigenvalue weighted by atomic mass is 16.2. The number of likely N-dealkylation sites (N-methyl/N-ethyl adjacent to an activating group) is 1. The van der Waals surface area contributed by atoms with Gasteiger partial charge < -0.3 is 10.2 Å². The Balaban J connectivity index is 1.56. The summed E-state index contributed by atoms with van der Waals surface area (Å²) in [6.45, 7) is 0.536. The molecule has 1 fully saturated rings. The molecule has 0 radical (unpaired) electrons. The second-order valence-electron chi connectivity index (χ2n) is 7.58. The number of para-hydroxylation sites is 1. The molecule has 1 aliphatic carbocycles. The fraction of sp³-hybridized carbons (Fsp3) is 0.304. The van der Waals surface area contributed by atoms with Gasteiger partial charge in [0.15, 0.2) is 0 Å². The summed E-state index contributed by atoms with van der Waals surface area (Å²) in [6.07, 6.45) is 2.31. The van der Waals surface area contributed by atoms with Gasteiger partial charge in [-0.05, 0) is 50.7 Å². The Morgan fingerprint density at radius 1 is 1.11 bits per heavy atom. The second-order valence-corrected chi connectivity index (χ2v) is 7.58. The van der Waals surface area contributed by atoms with Gasteiger partial charge in [-0.25, -0.2) is 4.68 Å². The number of amides is 1. The second kappa shape index (κ2) is 7.98. The topological polar surface area (TPSA) is 50.2 Å². The molecule has 1 aliphatic rings. The first kappa shape index (κ1) is 18.4. The lowest BCUT2D eigenvalue weighted by atomic mass is 10.1. The molecule has 1 unspecified atom stereocenters. The standard InChI is InChI=1S/C23H26N4O/c1-26(2)22(18-9-5-3-6-10-18)16-24-23(28)21-15-20(17-13-14-17)25-27(21)19-11-7-4-8-12-19/h3-12,15,17,22H,13-14,16H2,1-2H3,(H,24,28). The molecule has 3 aromatic rings. The molecule has 0 spiro atoms. The zero-order chi connectivity index (χ0) is 19.5. The van der Waals surface area contributed by atoms with Crippen LogP contribution in [-0.2, 0) is 0 Å². The van der Waals surface area contributed by atoms with Gasteiger partial charge in [0.2, 0.25) is 0 Å². The van der Waals surface area contributed by atoms with Crippen LogP contribution < -0.4 is 5.32 Å². The van der Waals surface area contributed by atoms with E-state index in [1.165, 1.54) is 5.56 Å². The Kier molecular flexibility index (Phi) is 5.26. The van der Waals surface area contributed by atoms with Crippen molar-refractivity contribution in [3.05, 3.63) is 83.7 Å². The van der Waals surface area contributed by atoms with Crippen LogP contribution in [0, 0.1) is 0 Å². The minimum Gasteiger partial charge on any atom is -0.349 e. The maximum absolute atomic E-state index is 13.1. The van der Waals surface area contributed by atoms with Crippen LogP contribution in [0.2, 0.25) is 0 Å². The Morgan fingerprint density at radius 3 is 2.36 bits per heavy atom. The summed E-state index contributed by atoms with van der Waals surface area (Å²) in [5.74, 6) is 0.404. The van der Waals surface area contributed by atoms with E-state index in [0.717, 1.165) is 24.2 Å². The molecule has 144 valence electrons. The quantitative estimate of drug-likeness (QED) is 0.685. The van der Waals surface area contributed by atoms with Crippen molar-refractivity contribution in [2.45, 2.75) is 24.8 Å². The predicted molar refractivity (Wildman–Crippen MR) is 111 cm³/mol. The van der Waals surface area contributed by atoms with Crippen molar-refractivity contribution in [2.24, 2.45) is 0 Å². The molecule has 1 N–H and O–H groups in total. The Bertz CT molecular complexity index is 930. The van der Waals surface area contributed by atoms with Crippen molar-refractivity contribution in [1.82, 2.24) is 20.0 Å². The number of carbonyl (C=O) groups excluding carboxylic acids is 1. The van der Waals surface area contributed by atoms with E-state index in [-0.39, 0.29) is 11.9 Å². The Hall–Kier alpha value is -2.92. The van der Waals surface area contributed by atoms with Crippen molar-refractivity contribution in [3.8, 4) is 5.69 Å². The van der Waals surface area contributed by atoms with Crippen LogP contribution in [0.15, 0.2) is 66.7 Å². The molecular weight excluding hydrogens is 348 g/mol. The van der Waals surface area contributed by atoms with Crippen LogP contribution in [0.3, 0.4) is 0 Å². The predicted octanol–water partition coefficient (Wildman–Crippen LogP) is 3.78. The highest BCUT2D eigenvalue weighted by Crippen LogP contribution is 2.39. The SMILES string of the molecule is CN(C)C(CNC(=O)c1cc(C2CC2)nn1-c1ccccc1)c1ccccc1. The zero-order valence-electron chi connectivity index (χ0n) is 16.4. The van der Waals surface area contributed by atoms with E-state index in [1.807, 2.05) is 68.7 Å². The first-order valence-electron chi connectivity index (χ1n) is 9.78. The first-order valence-corrected chi connectivity index (χ1v) is 9.78. The lowest BCUT2D eigenvalue weighted by molar-refractivity contribution is 0.0934. The minimum atomic E-state index is -0.0916. The third kappa shape index (κ3) is 3.99. The molecule has 0 bridgehead atoms. The van der Waals surface area contributed by atoms with E-state index in [0.29, 0.717) is 18.2 Å². The van der Waals surface area contributed by atoms with Crippen molar-refractivity contribution in [2.75, 3.05) is 20.6 Å². The molecule has 0 saturated heterocycles. The third-order valence-electron chi connectivity index (χ3n) is 5.22. The van der Waals surface area contributed by atoms with E-state index in [1.54, 1.807) is 4.68 Å². The first-order chi connectivity index (χ1) is 13.6. The average molecular weight is 374 g/mol. The molecule has 5 heteroatoms. The summed E-state index contributed by atoms with van der Waals surface area (Å²) in [5, 5.41) is 7.85. The lowest BCUT2D eigenvalue weighted by Crippen LogP contribution is -2.35. The van der Waals surface area contributed by atoms with Gasteiger partial charge >= 0.3 is 0 Å². The van der Waals surface area contributed by atoms with Crippen LogP contribution in [0.5, 0.6) is 0 Å². The van der Waals surface area contributed by atoms with Gasteiger partial charge in [-0.15, -0.1) is 0 Å². The maximum atomic E-state index is 13.1. The van der Waals surface area contributed by atoms with Crippen LogP contribution in [-0.4, -0.2) is 41.2 Å². The smallest absolute Gasteiger partial charge is 0.270 e. The summed E-state index contributed by atoms with van der Waals surface area (Å²) in [5.41, 5.74) is 3.70. The summed E-state index contributed by atoms with van der Waals surface area (Å²) >= 11 is 0. The summed E-state index contributed by atoms with van der Waals surface area (Å²) in [6, 6.07) is 22.2. The van der Waals surface area contributed by atoms with Gasteiger partial charge in [-0.2, -0.15) is 5.10 Å². The van der Waals surface area contributed by atoms with Crippen LogP contribution in [0.25, 0.3) is 5.69 Å². The van der Waals surface area contributed by atoms with Gasteiger partial charge in [0.25, 0.3) is 5.91 Å². The monoisotopic (exact) mass is 374 g/mol. The molecule has 4 rings (SSSR count). The number of aromatic nitrogens is 2. The maximum Gasteiger partial charge on any atom is 0.270 e. The van der Waals surface area contributed by atoms with E-state index in [9.17, 15) is 4.79 Å². The summed E-state index contributed by atoms with van der Waals surface area (Å²) in [7, 11) is 4.06. The van der Waals surface area contributed by atoms with Gasteiger partial charge in [0.1, 0.15) is 5.69 Å². The molecule has 1 heterocycles. The minimum absolute atomic E-state index is 0.0916. The number of carbonyl (C=O) groups is 1. The van der Waals surface area contributed by atoms with Crippen LogP contribution in [0.4, 0.5) is 0 Å². The van der Waals surface area contributed by atoms with Crippen molar-refractivity contribution in [1.29, 1.82) is 0 Å². The van der Waals surface area contributed by atoms with Gasteiger partial charge in [-0.3, -0.25) is 4.79 Å². The molecule has 1 aromatic heterocycles. The molecule has 28 heavy (non-hydrogen) atoms. The molecule has 1 amide bonds. The highest BCUT2D eigenvalue weighted by Gasteiger charge is 2.29. The molecule has 0 aliphatic heterocycles. The van der Waals surface area contributed by atoms with E-state index in [4.69, 9.17) is 5.10 Å². The number of hydrogen-bond donors (Lipinski definition) is 1. The summed E-state index contributed by atoms with van der Waals surface area (Å²) in [4.78, 5) is 15.2. The number of nitrogens with zero attached hydrogens (tertiary/aromatic N) is 3. The highest BCUT2D eigenvalue weighted by molar-refractivity contribution is 5.93. The van der Waals surface area contributed by atoms with Gasteiger partial charge in [0.05, 0.1) is 17.4 Å². The van der Waals surface area contributed by atoms with Crippen molar-refractivity contribution < 1.29 is 4.79 Å². The number of rotatable bonds is 7. The molecular formula is C23H26N4O. The Labute approximate surface area is 166 Å². The van der Waals surface area contributed by atoms with E-state index < -0.39 is 0 Å². The fourth-order valence-corrected chi connectivity index (χ4v) is 3.46. The summed E-state index contributed by atoms with van der Waals surface area (Å²) < 4.78 is 1.77. The number of nitrogens with one attached hydrogen (secondary N) is 1. The van der Waals surface area contributed by atoms with Crippen molar-refractivity contribution >= 4 is 5.91 Å². The average Bonchev–Trinajstić information content (AvgIpc) is 3.47. The fourth-order valence-electron chi connectivity index (χ4n) is 3.46. The van der Waals surface area contributed by atoms with Crippen molar-refractivity contribution in [3.63, 3.8) is 0 Å². The van der Waals surface area contributed by atoms with Gasteiger partial charge in [0, 0.05) is 12.5 Å². The normalized spacial score (nSPS) is 14.8. The molecule has 2 aromatic carbocycles. The van der Waals surface area contributed by atoms with Crippen LogP contribution >= 0.6 is 0 Å². The molecule has 1 saturated carbocycles. The number of benzene rings is 2. The van der Waals surface area contributed by atoms with Crippen LogP contribution in [0.1, 0.15) is 46.5 Å². The third-order valence-corrected chi connectivity index (χ3v) is 5.22. The van der Waals surface area contributed by atoms with E-state index >= 15 is 0 Å². The van der Waals surface area contributed by atoms with Gasteiger partial charge in [-0.1, -0.05) is 48.5 Å². The largest absolute Gasteiger partial charge is 0.349 e. The lowest BCUT2D eigenvalue weighted by Gasteiger charge is -2.25.